The van der Waals surface area contributed by atoms with Gasteiger partial charge in [0, 0.05) is 31.2 Å². The van der Waals surface area contributed by atoms with Crippen molar-refractivity contribution in [3.05, 3.63) is 24.1 Å². The van der Waals surface area contributed by atoms with Crippen LogP contribution in [0.2, 0.25) is 0 Å². The Hall–Kier alpha value is -1.69. The molecule has 1 amide bonds. The Morgan fingerprint density at radius 3 is 2.73 bits per heavy atom. The van der Waals surface area contributed by atoms with Crippen molar-refractivity contribution in [2.75, 3.05) is 31.1 Å². The van der Waals surface area contributed by atoms with E-state index in [2.05, 4.69) is 27.0 Å². The molecule has 0 spiro atoms. The van der Waals surface area contributed by atoms with Gasteiger partial charge in [0.25, 0.3) is 0 Å². The van der Waals surface area contributed by atoms with E-state index in [-0.39, 0.29) is 17.5 Å². The molecule has 1 aromatic rings. The minimum absolute atomic E-state index is 0.0389. The Bertz CT molecular complexity index is 529. The largest absolute Gasteiger partial charge is 0.351 e. The third kappa shape index (κ3) is 4.66. The van der Waals surface area contributed by atoms with E-state index in [0.29, 0.717) is 12.4 Å². The Kier molecular flexibility index (Phi) is 5.01. The molecule has 1 N–H and O–H groups in total. The average Bonchev–Trinajstić information content (AvgIpc) is 2.36. The molecule has 1 aliphatic heterocycles. The number of pyridine rings is 1. The number of aromatic nitrogens is 1. The molecule has 5 nitrogen and oxygen atoms in total. The Morgan fingerprint density at radius 1 is 1.41 bits per heavy atom. The van der Waals surface area contributed by atoms with Gasteiger partial charge < -0.3 is 10.2 Å². The zero-order valence-corrected chi connectivity index (χ0v) is 13.8. The van der Waals surface area contributed by atoms with Gasteiger partial charge in [0.1, 0.15) is 5.82 Å². The molecular weight excluding hydrogens is 283 g/mol. The summed E-state index contributed by atoms with van der Waals surface area (Å²) in [7, 11) is 0. The Morgan fingerprint density at radius 2 is 2.14 bits per heavy atom. The van der Waals surface area contributed by atoms with Crippen molar-refractivity contribution in [3.8, 4) is 0 Å². The van der Waals surface area contributed by atoms with Crippen LogP contribution < -0.4 is 10.2 Å². The van der Waals surface area contributed by atoms with Gasteiger partial charge in [-0.3, -0.25) is 9.69 Å². The summed E-state index contributed by atoms with van der Waals surface area (Å²) in [5.74, 6) is 0.236. The molecule has 6 heteroatoms. The van der Waals surface area contributed by atoms with Crippen LogP contribution in [0.3, 0.4) is 0 Å². The van der Waals surface area contributed by atoms with Crippen LogP contribution in [0.25, 0.3) is 0 Å². The van der Waals surface area contributed by atoms with E-state index >= 15 is 0 Å². The van der Waals surface area contributed by atoms with Gasteiger partial charge in [0.05, 0.1) is 6.54 Å². The molecule has 22 heavy (non-hydrogen) atoms. The number of hydrogen-bond donors (Lipinski definition) is 1. The molecule has 1 aromatic heterocycles. The lowest BCUT2D eigenvalue weighted by molar-refractivity contribution is -0.123. The third-order valence-corrected chi connectivity index (χ3v) is 3.59. The van der Waals surface area contributed by atoms with E-state index < -0.39 is 5.95 Å². The molecule has 122 valence electrons. The quantitative estimate of drug-likeness (QED) is 0.863. The second kappa shape index (κ2) is 6.60. The molecule has 2 heterocycles. The normalized spacial score (nSPS) is 20.0. The van der Waals surface area contributed by atoms with Crippen LogP contribution >= 0.6 is 0 Å². The van der Waals surface area contributed by atoms with E-state index in [1.54, 1.807) is 6.07 Å². The number of anilines is 1. The predicted octanol–water partition coefficient (Wildman–Crippen LogP) is 1.65. The highest BCUT2D eigenvalue weighted by Crippen LogP contribution is 2.18. The maximum Gasteiger partial charge on any atom is 0.234 e. The van der Waals surface area contributed by atoms with Gasteiger partial charge in [-0.15, -0.1) is 0 Å². The first-order valence-corrected chi connectivity index (χ1v) is 7.67. The first-order chi connectivity index (χ1) is 10.2. The number of carbonyl (C=O) groups excluding carboxylic acids is 1. The molecular formula is C16H25FN4O. The summed E-state index contributed by atoms with van der Waals surface area (Å²) < 4.78 is 13.3. The first kappa shape index (κ1) is 16.7. The Balaban J connectivity index is 1.91. The third-order valence-electron chi connectivity index (χ3n) is 3.59. The van der Waals surface area contributed by atoms with Crippen molar-refractivity contribution >= 4 is 11.7 Å². The molecule has 1 atom stereocenters. The summed E-state index contributed by atoms with van der Waals surface area (Å²) in [5, 5.41) is 2.98. The molecule has 1 fully saturated rings. The lowest BCUT2D eigenvalue weighted by Gasteiger charge is -2.40. The van der Waals surface area contributed by atoms with E-state index in [9.17, 15) is 9.18 Å². The number of hydrogen-bond acceptors (Lipinski definition) is 4. The van der Waals surface area contributed by atoms with Crippen LogP contribution in [0.5, 0.6) is 0 Å². The van der Waals surface area contributed by atoms with Crippen LogP contribution in [0, 0.1) is 5.95 Å². The van der Waals surface area contributed by atoms with Gasteiger partial charge in [-0.1, -0.05) is 6.07 Å². The fourth-order valence-corrected chi connectivity index (χ4v) is 2.74. The van der Waals surface area contributed by atoms with Crippen LogP contribution in [-0.4, -0.2) is 53.6 Å². The highest BCUT2D eigenvalue weighted by molar-refractivity contribution is 5.78. The lowest BCUT2D eigenvalue weighted by atomic mass is 10.1. The summed E-state index contributed by atoms with van der Waals surface area (Å²) in [5.41, 5.74) is -0.212. The smallest absolute Gasteiger partial charge is 0.234 e. The maximum absolute atomic E-state index is 13.3. The second-order valence-corrected chi connectivity index (χ2v) is 6.89. The highest BCUT2D eigenvalue weighted by atomic mass is 19.1. The van der Waals surface area contributed by atoms with Crippen LogP contribution in [0.4, 0.5) is 10.2 Å². The van der Waals surface area contributed by atoms with Gasteiger partial charge >= 0.3 is 0 Å². The van der Waals surface area contributed by atoms with E-state index in [4.69, 9.17) is 0 Å². The average molecular weight is 308 g/mol. The van der Waals surface area contributed by atoms with Gasteiger partial charge in [-0.25, -0.2) is 4.98 Å². The maximum atomic E-state index is 13.3. The number of nitrogens with one attached hydrogen (secondary N) is 1. The van der Waals surface area contributed by atoms with Crippen LogP contribution in [-0.2, 0) is 4.79 Å². The monoisotopic (exact) mass is 308 g/mol. The van der Waals surface area contributed by atoms with Crippen molar-refractivity contribution in [1.29, 1.82) is 0 Å². The van der Waals surface area contributed by atoms with Gasteiger partial charge in [-0.2, -0.15) is 4.39 Å². The number of piperazine rings is 1. The van der Waals surface area contributed by atoms with Crippen molar-refractivity contribution in [1.82, 2.24) is 15.2 Å². The number of rotatable bonds is 3. The number of halogens is 1. The van der Waals surface area contributed by atoms with Crippen LogP contribution in [0.15, 0.2) is 18.2 Å². The zero-order valence-electron chi connectivity index (χ0n) is 13.8. The van der Waals surface area contributed by atoms with Crippen molar-refractivity contribution in [3.63, 3.8) is 0 Å². The summed E-state index contributed by atoms with van der Waals surface area (Å²) >= 11 is 0. The molecule has 1 aliphatic rings. The van der Waals surface area contributed by atoms with Crippen molar-refractivity contribution in [2.24, 2.45) is 0 Å². The van der Waals surface area contributed by atoms with Gasteiger partial charge in [0.2, 0.25) is 11.9 Å². The van der Waals surface area contributed by atoms with Crippen molar-refractivity contribution < 1.29 is 9.18 Å². The molecule has 0 radical (unpaired) electrons. The van der Waals surface area contributed by atoms with Crippen LogP contribution in [0.1, 0.15) is 27.7 Å². The van der Waals surface area contributed by atoms with Gasteiger partial charge in [-0.05, 0) is 39.8 Å². The summed E-state index contributed by atoms with van der Waals surface area (Å²) in [6.07, 6.45) is 0. The summed E-state index contributed by atoms with van der Waals surface area (Å²) in [6, 6.07) is 5.03. The summed E-state index contributed by atoms with van der Waals surface area (Å²) in [4.78, 5) is 20.2. The SMILES string of the molecule is CC1CN(CC(=O)NC(C)(C)C)CCN1c1cccc(F)n1. The lowest BCUT2D eigenvalue weighted by Crippen LogP contribution is -2.55. The van der Waals surface area contributed by atoms with E-state index in [1.807, 2.05) is 26.8 Å². The number of nitrogens with zero attached hydrogens (tertiary/aromatic N) is 3. The summed E-state index contributed by atoms with van der Waals surface area (Å²) in [6.45, 7) is 10.6. The number of carbonyl (C=O) groups is 1. The predicted molar refractivity (Wildman–Crippen MR) is 85.3 cm³/mol. The Labute approximate surface area is 131 Å². The number of amides is 1. The molecule has 1 unspecified atom stereocenters. The molecule has 0 aliphatic carbocycles. The molecule has 2 rings (SSSR count). The molecule has 0 aromatic carbocycles. The second-order valence-electron chi connectivity index (χ2n) is 6.89. The fourth-order valence-electron chi connectivity index (χ4n) is 2.74. The van der Waals surface area contributed by atoms with E-state index in [1.165, 1.54) is 6.07 Å². The fraction of sp³-hybridized carbons (Fsp3) is 0.625. The minimum Gasteiger partial charge on any atom is -0.351 e. The first-order valence-electron chi connectivity index (χ1n) is 7.67. The topological polar surface area (TPSA) is 48.5 Å². The minimum atomic E-state index is -0.461. The molecule has 1 saturated heterocycles. The van der Waals surface area contributed by atoms with Crippen molar-refractivity contribution in [2.45, 2.75) is 39.3 Å². The standard InChI is InChI=1S/C16H25FN4O/c1-12-10-20(11-15(22)19-16(2,3)4)8-9-21(12)14-7-5-6-13(17)18-14/h5-7,12H,8-11H2,1-4H3,(H,19,22). The van der Waals surface area contributed by atoms with Gasteiger partial charge in [0.15, 0.2) is 0 Å². The molecule has 0 bridgehead atoms. The highest BCUT2D eigenvalue weighted by Gasteiger charge is 2.26. The zero-order chi connectivity index (χ0) is 16.3. The van der Waals surface area contributed by atoms with E-state index in [0.717, 1.165) is 19.6 Å². The molecule has 0 saturated carbocycles.